The van der Waals surface area contributed by atoms with Crippen LogP contribution in [0.1, 0.15) is 29.5 Å². The molecule has 160 valence electrons. The van der Waals surface area contributed by atoms with Crippen molar-refractivity contribution in [2.75, 3.05) is 20.1 Å². The highest BCUT2D eigenvalue weighted by molar-refractivity contribution is 7.89. The van der Waals surface area contributed by atoms with Crippen LogP contribution in [0.5, 0.6) is 0 Å². The molecule has 1 aliphatic rings. The molecule has 3 rings (SSSR count). The number of sulfonamides is 1. The van der Waals surface area contributed by atoms with Crippen LogP contribution in [0.25, 0.3) is 0 Å². The second-order valence-corrected chi connectivity index (χ2v) is 9.32. The van der Waals surface area contributed by atoms with Gasteiger partial charge >= 0.3 is 6.18 Å². The van der Waals surface area contributed by atoms with Crippen LogP contribution in [0.15, 0.2) is 53.4 Å². The summed E-state index contributed by atoms with van der Waals surface area (Å²) >= 11 is 0. The van der Waals surface area contributed by atoms with Crippen LogP contribution in [0.2, 0.25) is 0 Å². The summed E-state index contributed by atoms with van der Waals surface area (Å²) in [5, 5.41) is 8.85. The fraction of sp³-hybridized carbons (Fsp3) is 0.381. The molecule has 2 aromatic rings. The molecule has 0 N–H and O–H groups in total. The maximum absolute atomic E-state index is 12.9. The lowest BCUT2D eigenvalue weighted by Gasteiger charge is -2.36. The fourth-order valence-corrected chi connectivity index (χ4v) is 5.11. The van der Waals surface area contributed by atoms with E-state index in [9.17, 15) is 21.6 Å². The summed E-state index contributed by atoms with van der Waals surface area (Å²) in [4.78, 5) is 2.12. The minimum atomic E-state index is -4.38. The van der Waals surface area contributed by atoms with Crippen LogP contribution in [-0.4, -0.2) is 43.8 Å². The van der Waals surface area contributed by atoms with Crippen LogP contribution in [0.4, 0.5) is 13.2 Å². The van der Waals surface area contributed by atoms with E-state index >= 15 is 0 Å². The highest BCUT2D eigenvalue weighted by Crippen LogP contribution is 2.30. The highest BCUT2D eigenvalue weighted by atomic mass is 32.2. The van der Waals surface area contributed by atoms with Gasteiger partial charge in [0.2, 0.25) is 10.0 Å². The molecule has 0 unspecified atom stereocenters. The van der Waals surface area contributed by atoms with Gasteiger partial charge in [0.15, 0.2) is 0 Å². The van der Waals surface area contributed by atoms with Gasteiger partial charge in [-0.25, -0.2) is 8.42 Å². The monoisotopic (exact) mass is 437 g/mol. The maximum Gasteiger partial charge on any atom is 0.416 e. The lowest BCUT2D eigenvalue weighted by Crippen LogP contribution is -2.45. The Bertz CT molecular complexity index is 1020. The lowest BCUT2D eigenvalue weighted by atomic mass is 10.0. The molecule has 0 spiro atoms. The van der Waals surface area contributed by atoms with Crippen LogP contribution in [0, 0.1) is 11.3 Å². The predicted octanol–water partition coefficient (Wildman–Crippen LogP) is 3.86. The number of hydrogen-bond acceptors (Lipinski definition) is 4. The van der Waals surface area contributed by atoms with E-state index in [0.29, 0.717) is 43.6 Å². The van der Waals surface area contributed by atoms with Crippen molar-refractivity contribution in [3.8, 4) is 6.07 Å². The number of hydrogen-bond donors (Lipinski definition) is 0. The van der Waals surface area contributed by atoms with Crippen LogP contribution < -0.4 is 0 Å². The fourth-order valence-electron chi connectivity index (χ4n) is 3.64. The van der Waals surface area contributed by atoms with Crippen molar-refractivity contribution in [1.82, 2.24) is 9.21 Å². The van der Waals surface area contributed by atoms with Crippen molar-refractivity contribution in [2.24, 2.45) is 0 Å². The van der Waals surface area contributed by atoms with Crippen molar-refractivity contribution in [3.05, 3.63) is 65.2 Å². The van der Waals surface area contributed by atoms with Crippen molar-refractivity contribution >= 4 is 10.0 Å². The molecular formula is C21H22F3N3O2S. The van der Waals surface area contributed by atoms with Crippen LogP contribution in [0.3, 0.4) is 0 Å². The summed E-state index contributed by atoms with van der Waals surface area (Å²) in [6.07, 6.45) is -3.20. The molecule has 5 nitrogen and oxygen atoms in total. The van der Waals surface area contributed by atoms with E-state index in [0.717, 1.165) is 12.1 Å². The summed E-state index contributed by atoms with van der Waals surface area (Å²) < 4.78 is 65.8. The third-order valence-corrected chi connectivity index (χ3v) is 7.27. The molecule has 0 aromatic heterocycles. The van der Waals surface area contributed by atoms with Gasteiger partial charge in [0.05, 0.1) is 22.1 Å². The van der Waals surface area contributed by atoms with E-state index in [2.05, 4.69) is 0 Å². The SMILES string of the molecule is CN(Cc1cccc(C(F)(F)F)c1)C1CCN(S(=O)(=O)c2ccc(C#N)cc2)CC1. The molecule has 1 fully saturated rings. The second kappa shape index (κ2) is 8.76. The summed E-state index contributed by atoms with van der Waals surface area (Å²) in [5.74, 6) is 0. The molecule has 2 aromatic carbocycles. The molecular weight excluding hydrogens is 415 g/mol. The zero-order valence-corrected chi connectivity index (χ0v) is 17.2. The largest absolute Gasteiger partial charge is 0.416 e. The van der Waals surface area contributed by atoms with E-state index < -0.39 is 21.8 Å². The Labute approximate surface area is 174 Å². The first kappa shape index (κ1) is 22.3. The van der Waals surface area contributed by atoms with Gasteiger partial charge < -0.3 is 0 Å². The van der Waals surface area contributed by atoms with Gasteiger partial charge in [0.1, 0.15) is 0 Å². The summed E-state index contributed by atoms with van der Waals surface area (Å²) in [6.45, 7) is 1.02. The Morgan fingerprint density at radius 3 is 2.33 bits per heavy atom. The number of nitrogens with zero attached hydrogens (tertiary/aromatic N) is 3. The zero-order chi connectivity index (χ0) is 21.9. The van der Waals surface area contributed by atoms with Crippen molar-refractivity contribution < 1.29 is 21.6 Å². The smallest absolute Gasteiger partial charge is 0.299 e. The first-order valence-corrected chi connectivity index (χ1v) is 10.9. The Kier molecular flexibility index (Phi) is 6.50. The zero-order valence-electron chi connectivity index (χ0n) is 16.4. The molecule has 0 amide bonds. The Morgan fingerprint density at radius 2 is 1.77 bits per heavy atom. The molecule has 1 saturated heterocycles. The molecule has 0 atom stereocenters. The van der Waals surface area contributed by atoms with Crippen LogP contribution >= 0.6 is 0 Å². The molecule has 0 aliphatic carbocycles. The molecule has 30 heavy (non-hydrogen) atoms. The van der Waals surface area contributed by atoms with E-state index in [1.807, 2.05) is 18.0 Å². The standard InChI is InChI=1S/C21H22F3N3O2S/c1-26(15-17-3-2-4-18(13-17)21(22,23)24)19-9-11-27(12-10-19)30(28,29)20-7-5-16(14-25)6-8-20/h2-8,13,19H,9-12,15H2,1H3. The molecule has 0 bridgehead atoms. The first-order valence-electron chi connectivity index (χ1n) is 9.48. The quantitative estimate of drug-likeness (QED) is 0.713. The molecule has 0 saturated carbocycles. The summed E-state index contributed by atoms with van der Waals surface area (Å²) in [5.41, 5.74) is 0.292. The van der Waals surface area contributed by atoms with Crippen molar-refractivity contribution in [2.45, 2.75) is 36.5 Å². The van der Waals surface area contributed by atoms with E-state index in [4.69, 9.17) is 5.26 Å². The summed E-state index contributed by atoms with van der Waals surface area (Å²) in [6, 6.07) is 13.1. The van der Waals surface area contributed by atoms with E-state index in [1.54, 1.807) is 6.07 Å². The number of piperidine rings is 1. The number of benzene rings is 2. The minimum Gasteiger partial charge on any atom is -0.299 e. The average molecular weight is 437 g/mol. The normalized spacial score (nSPS) is 16.5. The number of nitriles is 1. The van der Waals surface area contributed by atoms with E-state index in [-0.39, 0.29) is 10.9 Å². The maximum atomic E-state index is 12.9. The van der Waals surface area contributed by atoms with Gasteiger partial charge in [-0.05, 0) is 55.8 Å². The molecule has 0 radical (unpaired) electrons. The average Bonchev–Trinajstić information content (AvgIpc) is 2.73. The number of halogens is 3. The molecule has 1 aliphatic heterocycles. The Hall–Kier alpha value is -2.41. The summed E-state index contributed by atoms with van der Waals surface area (Å²) in [7, 11) is -1.79. The van der Waals surface area contributed by atoms with Crippen molar-refractivity contribution in [1.29, 1.82) is 5.26 Å². The number of rotatable bonds is 5. The topological polar surface area (TPSA) is 64.4 Å². The van der Waals surface area contributed by atoms with Crippen molar-refractivity contribution in [3.63, 3.8) is 0 Å². The Balaban J connectivity index is 1.61. The van der Waals surface area contributed by atoms with Gasteiger partial charge in [-0.3, -0.25) is 4.90 Å². The first-order chi connectivity index (χ1) is 14.1. The van der Waals surface area contributed by atoms with Gasteiger partial charge in [-0.1, -0.05) is 18.2 Å². The van der Waals surface area contributed by atoms with Crippen LogP contribution in [-0.2, 0) is 22.7 Å². The third-order valence-electron chi connectivity index (χ3n) is 5.35. The third kappa shape index (κ3) is 5.01. The van der Waals surface area contributed by atoms with Gasteiger partial charge in [-0.15, -0.1) is 0 Å². The minimum absolute atomic E-state index is 0.0759. The molecule has 1 heterocycles. The van der Waals surface area contributed by atoms with Gasteiger partial charge in [0, 0.05) is 25.7 Å². The second-order valence-electron chi connectivity index (χ2n) is 7.38. The Morgan fingerprint density at radius 1 is 1.13 bits per heavy atom. The van der Waals surface area contributed by atoms with Gasteiger partial charge in [0.25, 0.3) is 0 Å². The lowest BCUT2D eigenvalue weighted by molar-refractivity contribution is -0.137. The van der Waals surface area contributed by atoms with E-state index in [1.165, 1.54) is 34.6 Å². The highest BCUT2D eigenvalue weighted by Gasteiger charge is 2.32. The predicted molar refractivity (Wildman–Crippen MR) is 106 cm³/mol. The van der Waals surface area contributed by atoms with Gasteiger partial charge in [-0.2, -0.15) is 22.7 Å². The number of alkyl halides is 3. The molecule has 9 heteroatoms.